The quantitative estimate of drug-likeness (QED) is 0.685. The van der Waals surface area contributed by atoms with E-state index in [1.807, 2.05) is 12.1 Å². The van der Waals surface area contributed by atoms with E-state index in [2.05, 4.69) is 40.9 Å². The minimum atomic E-state index is -2.61. The number of aromatic amines is 1. The lowest BCUT2D eigenvalue weighted by Gasteiger charge is -2.16. The van der Waals surface area contributed by atoms with Gasteiger partial charge in [0.1, 0.15) is 5.69 Å². The highest BCUT2D eigenvalue weighted by molar-refractivity contribution is 5.87. The first-order valence-corrected chi connectivity index (χ1v) is 7.64. The number of alkyl halides is 2. The molecule has 0 aliphatic heterocycles. The summed E-state index contributed by atoms with van der Waals surface area (Å²) in [5, 5.41) is 11.2. The van der Waals surface area contributed by atoms with Crippen molar-refractivity contribution < 1.29 is 8.78 Å². The maximum Gasteiger partial charge on any atom is 0.280 e. The van der Waals surface area contributed by atoms with Gasteiger partial charge in [0.2, 0.25) is 0 Å². The summed E-state index contributed by atoms with van der Waals surface area (Å²) in [6.07, 6.45) is -0.866. The largest absolute Gasteiger partial charge is 0.354 e. The van der Waals surface area contributed by atoms with E-state index >= 15 is 0 Å². The van der Waals surface area contributed by atoms with Crippen molar-refractivity contribution in [1.82, 2.24) is 15.2 Å². The van der Waals surface area contributed by atoms with Crippen LogP contribution in [0.4, 0.5) is 14.5 Å². The van der Waals surface area contributed by atoms with Crippen molar-refractivity contribution in [3.63, 3.8) is 0 Å². The Morgan fingerprint density at radius 3 is 2.75 bits per heavy atom. The number of aromatic nitrogens is 3. The fourth-order valence-corrected chi connectivity index (χ4v) is 2.56. The number of nitrogens with zero attached hydrogens (tertiary/aromatic N) is 2. The zero-order valence-electron chi connectivity index (χ0n) is 13.5. The van der Waals surface area contributed by atoms with E-state index in [9.17, 15) is 8.78 Å². The van der Waals surface area contributed by atoms with Crippen LogP contribution in [0.15, 0.2) is 43.1 Å². The van der Waals surface area contributed by atoms with E-state index < -0.39 is 6.43 Å². The van der Waals surface area contributed by atoms with Gasteiger partial charge in [0.05, 0.1) is 23.1 Å². The molecule has 0 unspecified atom stereocenters. The number of pyridine rings is 1. The molecular weight excluding hydrogens is 310 g/mol. The summed E-state index contributed by atoms with van der Waals surface area (Å²) in [5.74, 6) is 0.272. The Bertz CT molecular complexity index is 884. The molecule has 6 heteroatoms. The molecule has 2 aromatic heterocycles. The normalized spacial score (nSPS) is 11.4. The molecule has 0 saturated heterocycles. The molecule has 1 aromatic carbocycles. The molecule has 0 saturated carbocycles. The van der Waals surface area contributed by atoms with Crippen LogP contribution in [0.1, 0.15) is 43.1 Å². The summed E-state index contributed by atoms with van der Waals surface area (Å²) in [4.78, 5) is 3.96. The first kappa shape index (κ1) is 16.1. The van der Waals surface area contributed by atoms with Crippen LogP contribution in [0.3, 0.4) is 0 Å². The molecule has 0 aliphatic rings. The lowest BCUT2D eigenvalue weighted by atomic mass is 9.99. The van der Waals surface area contributed by atoms with Crippen LogP contribution in [0.25, 0.3) is 16.6 Å². The molecule has 3 rings (SSSR count). The highest BCUT2D eigenvalue weighted by atomic mass is 19.3. The number of fused-ring (bicyclic) bond motifs is 1. The van der Waals surface area contributed by atoms with Crippen molar-refractivity contribution in [1.29, 1.82) is 0 Å². The van der Waals surface area contributed by atoms with E-state index in [0.717, 1.165) is 22.2 Å². The van der Waals surface area contributed by atoms with E-state index in [0.29, 0.717) is 11.4 Å². The number of rotatable bonds is 5. The second-order valence-corrected chi connectivity index (χ2v) is 5.90. The summed E-state index contributed by atoms with van der Waals surface area (Å²) in [7, 11) is 0. The van der Waals surface area contributed by atoms with Gasteiger partial charge in [-0.15, -0.1) is 0 Å². The maximum atomic E-state index is 12.8. The summed E-state index contributed by atoms with van der Waals surface area (Å²) >= 11 is 0. The molecule has 0 aliphatic carbocycles. The molecule has 0 bridgehead atoms. The molecule has 124 valence electrons. The predicted octanol–water partition coefficient (Wildman–Crippen LogP) is 5.10. The zero-order valence-corrected chi connectivity index (χ0v) is 13.5. The van der Waals surface area contributed by atoms with Crippen LogP contribution in [-0.4, -0.2) is 15.2 Å². The minimum Gasteiger partial charge on any atom is -0.354 e. The van der Waals surface area contributed by atoms with E-state index in [-0.39, 0.29) is 11.6 Å². The zero-order chi connectivity index (χ0) is 17.3. The van der Waals surface area contributed by atoms with Crippen molar-refractivity contribution in [3.8, 4) is 0 Å². The third kappa shape index (κ3) is 3.13. The van der Waals surface area contributed by atoms with Gasteiger partial charge in [0.15, 0.2) is 0 Å². The Morgan fingerprint density at radius 2 is 2.04 bits per heavy atom. The average Bonchev–Trinajstić information content (AvgIpc) is 3.01. The van der Waals surface area contributed by atoms with Gasteiger partial charge in [0.25, 0.3) is 6.43 Å². The van der Waals surface area contributed by atoms with Crippen LogP contribution in [-0.2, 0) is 0 Å². The van der Waals surface area contributed by atoms with Crippen LogP contribution < -0.4 is 5.32 Å². The SMILES string of the molecule is C=C(Nc1cc2cn[nH]c2cc1C(C)C)c1cccc(C(F)F)n1. The molecule has 0 fully saturated rings. The number of hydrogen-bond acceptors (Lipinski definition) is 3. The molecule has 0 radical (unpaired) electrons. The molecule has 0 atom stereocenters. The van der Waals surface area contributed by atoms with Crippen LogP contribution in [0.5, 0.6) is 0 Å². The second kappa shape index (κ2) is 6.39. The third-order valence-electron chi connectivity index (χ3n) is 3.82. The average molecular weight is 328 g/mol. The Kier molecular flexibility index (Phi) is 4.29. The van der Waals surface area contributed by atoms with Gasteiger partial charge < -0.3 is 5.32 Å². The van der Waals surface area contributed by atoms with Gasteiger partial charge >= 0.3 is 0 Å². The summed E-state index contributed by atoms with van der Waals surface area (Å²) in [6, 6.07) is 8.52. The number of halogens is 2. The standard InChI is InChI=1S/C18H18F2N4/c1-10(2)13-8-16-12(9-21-24-16)7-17(13)22-11(3)14-5-4-6-15(23-14)18(19)20/h4-10,18,22H,3H2,1-2H3,(H,21,24). The lowest BCUT2D eigenvalue weighted by molar-refractivity contribution is 0.146. The van der Waals surface area contributed by atoms with Crippen LogP contribution in [0, 0.1) is 0 Å². The summed E-state index contributed by atoms with van der Waals surface area (Å²) in [5.41, 5.74) is 3.51. The molecule has 2 heterocycles. The lowest BCUT2D eigenvalue weighted by Crippen LogP contribution is -2.04. The van der Waals surface area contributed by atoms with E-state index in [1.165, 1.54) is 6.07 Å². The number of nitrogens with one attached hydrogen (secondary N) is 2. The van der Waals surface area contributed by atoms with E-state index in [4.69, 9.17) is 0 Å². The second-order valence-electron chi connectivity index (χ2n) is 5.90. The smallest absolute Gasteiger partial charge is 0.280 e. The van der Waals surface area contributed by atoms with Gasteiger partial charge in [-0.2, -0.15) is 5.10 Å². The van der Waals surface area contributed by atoms with Gasteiger partial charge in [-0.3, -0.25) is 5.10 Å². The fourth-order valence-electron chi connectivity index (χ4n) is 2.56. The van der Waals surface area contributed by atoms with Gasteiger partial charge in [-0.25, -0.2) is 13.8 Å². The maximum absolute atomic E-state index is 12.8. The molecule has 3 aromatic rings. The van der Waals surface area contributed by atoms with Gasteiger partial charge in [0, 0.05) is 11.1 Å². The monoisotopic (exact) mass is 328 g/mol. The summed E-state index contributed by atoms with van der Waals surface area (Å²) in [6.45, 7) is 8.12. The minimum absolute atomic E-state index is 0.259. The van der Waals surface area contributed by atoms with Crippen LogP contribution in [0.2, 0.25) is 0 Å². The number of anilines is 1. The summed E-state index contributed by atoms with van der Waals surface area (Å²) < 4.78 is 25.6. The van der Waals surface area contributed by atoms with Crippen molar-refractivity contribution in [2.24, 2.45) is 0 Å². The molecule has 4 nitrogen and oxygen atoms in total. The van der Waals surface area contributed by atoms with Gasteiger partial charge in [-0.05, 0) is 35.7 Å². The Hall–Kier alpha value is -2.76. The van der Waals surface area contributed by atoms with Crippen molar-refractivity contribution in [3.05, 3.63) is 60.1 Å². The Labute approximate surface area is 138 Å². The van der Waals surface area contributed by atoms with Crippen molar-refractivity contribution in [2.45, 2.75) is 26.2 Å². The molecule has 2 N–H and O–H groups in total. The molecular formula is C18H18F2N4. The Balaban J connectivity index is 1.95. The highest BCUT2D eigenvalue weighted by Gasteiger charge is 2.13. The molecule has 24 heavy (non-hydrogen) atoms. The van der Waals surface area contributed by atoms with Crippen LogP contribution >= 0.6 is 0 Å². The predicted molar refractivity (Wildman–Crippen MR) is 92.0 cm³/mol. The van der Waals surface area contributed by atoms with Gasteiger partial charge in [-0.1, -0.05) is 26.5 Å². The first-order valence-electron chi connectivity index (χ1n) is 7.64. The third-order valence-corrected chi connectivity index (χ3v) is 3.82. The fraction of sp³-hybridized carbons (Fsp3) is 0.222. The topological polar surface area (TPSA) is 53.6 Å². The molecule has 0 spiro atoms. The van der Waals surface area contributed by atoms with E-state index in [1.54, 1.807) is 18.3 Å². The van der Waals surface area contributed by atoms with Crippen molar-refractivity contribution in [2.75, 3.05) is 5.32 Å². The number of H-pyrrole nitrogens is 1. The molecule has 0 amide bonds. The number of hydrogen-bond donors (Lipinski definition) is 2. The Morgan fingerprint density at radius 1 is 1.25 bits per heavy atom. The first-order chi connectivity index (χ1) is 11.5. The highest BCUT2D eigenvalue weighted by Crippen LogP contribution is 2.31. The van der Waals surface area contributed by atoms with Crippen molar-refractivity contribution >= 4 is 22.3 Å². The number of benzene rings is 1.